The maximum Gasteiger partial charge on any atom is 0.319 e. The molecular weight excluding hydrogens is 268 g/mol. The van der Waals surface area contributed by atoms with E-state index in [2.05, 4.69) is 16.8 Å². The second-order valence-corrected chi connectivity index (χ2v) is 5.62. The average molecular weight is 286 g/mol. The van der Waals surface area contributed by atoms with Crippen LogP contribution in [0.15, 0.2) is 30.5 Å². The topological polar surface area (TPSA) is 71.3 Å². The predicted octanol–water partition coefficient (Wildman–Crippen LogP) is 2.85. The molecule has 1 fully saturated rings. The second kappa shape index (κ2) is 4.91. The lowest BCUT2D eigenvalue weighted by molar-refractivity contribution is -0.147. The van der Waals surface area contributed by atoms with Crippen molar-refractivity contribution in [1.29, 1.82) is 0 Å². The van der Waals surface area contributed by atoms with Crippen molar-refractivity contribution < 1.29 is 14.7 Å². The van der Waals surface area contributed by atoms with Crippen LogP contribution in [0.3, 0.4) is 0 Å². The summed E-state index contributed by atoms with van der Waals surface area (Å²) >= 11 is 0. The molecule has 5 nitrogen and oxygen atoms in total. The first-order chi connectivity index (χ1) is 10.1. The number of nitrogens with zero attached hydrogens (tertiary/aromatic N) is 1. The summed E-state index contributed by atoms with van der Waals surface area (Å²) in [5.41, 5.74) is 0.562. The summed E-state index contributed by atoms with van der Waals surface area (Å²) in [6.07, 6.45) is 3.93. The van der Waals surface area contributed by atoms with Crippen LogP contribution in [0.5, 0.6) is 0 Å². The van der Waals surface area contributed by atoms with Gasteiger partial charge in [0.15, 0.2) is 0 Å². The number of benzene rings is 1. The highest BCUT2D eigenvalue weighted by Gasteiger charge is 2.57. The van der Waals surface area contributed by atoms with Crippen LogP contribution >= 0.6 is 0 Å². The Bertz CT molecular complexity index is 713. The zero-order valence-corrected chi connectivity index (χ0v) is 11.9. The molecule has 1 aromatic carbocycles. The minimum Gasteiger partial charge on any atom is -0.480 e. The fourth-order valence-corrected chi connectivity index (χ4v) is 2.63. The Labute approximate surface area is 122 Å². The summed E-state index contributed by atoms with van der Waals surface area (Å²) in [4.78, 5) is 23.2. The monoisotopic (exact) mass is 286 g/mol. The summed E-state index contributed by atoms with van der Waals surface area (Å²) in [7, 11) is 0. The van der Waals surface area contributed by atoms with Gasteiger partial charge in [0.2, 0.25) is 5.91 Å². The zero-order valence-electron chi connectivity index (χ0n) is 11.9. The van der Waals surface area contributed by atoms with Crippen LogP contribution in [0.1, 0.15) is 26.2 Å². The quantitative estimate of drug-likeness (QED) is 0.830. The number of carbonyl (C=O) groups is 2. The van der Waals surface area contributed by atoms with Crippen LogP contribution in [0, 0.1) is 5.41 Å². The average Bonchev–Trinajstić information content (AvgIpc) is 3.18. The lowest BCUT2D eigenvalue weighted by Gasteiger charge is -2.11. The Hall–Kier alpha value is -2.30. The first-order valence-electron chi connectivity index (χ1n) is 7.20. The van der Waals surface area contributed by atoms with Gasteiger partial charge in [-0.3, -0.25) is 9.59 Å². The highest BCUT2D eigenvalue weighted by molar-refractivity contribution is 6.11. The predicted molar refractivity (Wildman–Crippen MR) is 80.2 cm³/mol. The van der Waals surface area contributed by atoms with Gasteiger partial charge in [0, 0.05) is 29.3 Å². The van der Waals surface area contributed by atoms with Crippen LogP contribution in [-0.2, 0) is 16.1 Å². The van der Waals surface area contributed by atoms with Gasteiger partial charge in [-0.05, 0) is 43.5 Å². The lowest BCUT2D eigenvalue weighted by atomic mass is 10.1. The molecular formula is C16H18N2O3. The van der Waals surface area contributed by atoms with E-state index in [1.54, 1.807) is 0 Å². The van der Waals surface area contributed by atoms with E-state index >= 15 is 0 Å². The van der Waals surface area contributed by atoms with Crippen molar-refractivity contribution in [1.82, 2.24) is 4.57 Å². The molecule has 5 heteroatoms. The molecule has 0 aliphatic heterocycles. The zero-order chi connectivity index (χ0) is 15.0. The summed E-state index contributed by atoms with van der Waals surface area (Å²) < 4.78 is 2.17. The number of rotatable bonds is 5. The van der Waals surface area contributed by atoms with Crippen molar-refractivity contribution in [3.05, 3.63) is 30.5 Å². The first kappa shape index (κ1) is 13.7. The lowest BCUT2D eigenvalue weighted by Crippen LogP contribution is -2.31. The molecule has 110 valence electrons. The fourth-order valence-electron chi connectivity index (χ4n) is 2.63. The summed E-state index contributed by atoms with van der Waals surface area (Å²) in [6.45, 7) is 3.08. The molecule has 21 heavy (non-hydrogen) atoms. The van der Waals surface area contributed by atoms with Crippen molar-refractivity contribution in [3.63, 3.8) is 0 Å². The maximum absolute atomic E-state index is 12.1. The third-order valence-corrected chi connectivity index (χ3v) is 4.09. The Morgan fingerprint density at radius 3 is 2.71 bits per heavy atom. The Kier molecular flexibility index (Phi) is 3.20. The molecule has 1 amide bonds. The molecule has 1 heterocycles. The number of amides is 1. The molecule has 1 aromatic heterocycles. The number of aliphatic carboxylic acids is 1. The van der Waals surface area contributed by atoms with E-state index in [0.717, 1.165) is 23.9 Å². The number of fused-ring (bicyclic) bond motifs is 1. The van der Waals surface area contributed by atoms with Crippen LogP contribution in [0.25, 0.3) is 10.9 Å². The molecule has 0 atom stereocenters. The van der Waals surface area contributed by atoms with Gasteiger partial charge < -0.3 is 15.0 Å². The van der Waals surface area contributed by atoms with E-state index in [0.29, 0.717) is 18.5 Å². The van der Waals surface area contributed by atoms with E-state index < -0.39 is 17.3 Å². The van der Waals surface area contributed by atoms with Gasteiger partial charge in [-0.2, -0.15) is 0 Å². The Balaban J connectivity index is 1.82. The second-order valence-electron chi connectivity index (χ2n) is 5.62. The highest BCUT2D eigenvalue weighted by Crippen LogP contribution is 2.46. The fraction of sp³-hybridized carbons (Fsp3) is 0.375. The molecule has 0 saturated heterocycles. The van der Waals surface area contributed by atoms with E-state index in [1.165, 1.54) is 0 Å². The first-order valence-corrected chi connectivity index (χ1v) is 7.20. The minimum absolute atomic E-state index is 0.414. The minimum atomic E-state index is -1.21. The number of carboxylic acids is 1. The van der Waals surface area contributed by atoms with Gasteiger partial charge in [0.25, 0.3) is 0 Å². The van der Waals surface area contributed by atoms with E-state index in [-0.39, 0.29) is 0 Å². The van der Waals surface area contributed by atoms with Gasteiger partial charge >= 0.3 is 5.97 Å². The molecule has 0 unspecified atom stereocenters. The van der Waals surface area contributed by atoms with Gasteiger partial charge in [-0.25, -0.2) is 0 Å². The van der Waals surface area contributed by atoms with Gasteiger partial charge in [-0.1, -0.05) is 6.92 Å². The highest BCUT2D eigenvalue weighted by atomic mass is 16.4. The van der Waals surface area contributed by atoms with Crippen molar-refractivity contribution in [3.8, 4) is 0 Å². The normalized spacial score (nSPS) is 15.9. The van der Waals surface area contributed by atoms with E-state index in [9.17, 15) is 9.59 Å². The Morgan fingerprint density at radius 2 is 2.10 bits per heavy atom. The molecule has 1 saturated carbocycles. The largest absolute Gasteiger partial charge is 0.480 e. The third kappa shape index (κ3) is 2.28. The van der Waals surface area contributed by atoms with Crippen molar-refractivity contribution in [2.75, 3.05) is 5.32 Å². The number of hydrogen-bond donors (Lipinski definition) is 2. The number of nitrogens with one attached hydrogen (secondary N) is 1. The molecule has 1 aliphatic rings. The Morgan fingerprint density at radius 1 is 1.33 bits per heavy atom. The van der Waals surface area contributed by atoms with Crippen molar-refractivity contribution in [2.45, 2.75) is 32.7 Å². The van der Waals surface area contributed by atoms with Gasteiger partial charge in [0.05, 0.1) is 0 Å². The number of aryl methyl sites for hydroxylation is 1. The van der Waals surface area contributed by atoms with Crippen molar-refractivity contribution in [2.24, 2.45) is 5.41 Å². The molecule has 2 aromatic rings. The summed E-state index contributed by atoms with van der Waals surface area (Å²) in [6, 6.07) is 7.67. The summed E-state index contributed by atoms with van der Waals surface area (Å²) in [5, 5.41) is 12.9. The summed E-state index contributed by atoms with van der Waals surface area (Å²) in [5.74, 6) is -1.45. The standard InChI is InChI=1S/C16H18N2O3/c1-2-8-18-9-5-11-10-12(3-4-13(11)18)17-14(19)16(6-7-16)15(20)21/h3-5,9-10H,2,6-8H2,1H3,(H,17,19)(H,20,21). The SMILES string of the molecule is CCCn1ccc2cc(NC(=O)C3(C(=O)O)CC3)ccc21. The number of anilines is 1. The van der Waals surface area contributed by atoms with Crippen molar-refractivity contribution >= 4 is 28.5 Å². The number of aromatic nitrogens is 1. The van der Waals surface area contributed by atoms with Crippen LogP contribution in [0.4, 0.5) is 5.69 Å². The number of hydrogen-bond acceptors (Lipinski definition) is 2. The van der Waals surface area contributed by atoms with Crippen LogP contribution in [-0.4, -0.2) is 21.6 Å². The van der Waals surface area contributed by atoms with Crippen LogP contribution in [0.2, 0.25) is 0 Å². The molecule has 0 bridgehead atoms. The van der Waals surface area contributed by atoms with Gasteiger partial charge in [0.1, 0.15) is 5.41 Å². The van der Waals surface area contributed by atoms with E-state index in [4.69, 9.17) is 5.11 Å². The van der Waals surface area contributed by atoms with Crippen LogP contribution < -0.4 is 5.32 Å². The number of carbonyl (C=O) groups excluding carboxylic acids is 1. The molecule has 2 N–H and O–H groups in total. The third-order valence-electron chi connectivity index (χ3n) is 4.09. The number of carboxylic acid groups (broad SMARTS) is 1. The maximum atomic E-state index is 12.1. The van der Waals surface area contributed by atoms with E-state index in [1.807, 2.05) is 30.5 Å². The molecule has 0 radical (unpaired) electrons. The molecule has 0 spiro atoms. The smallest absolute Gasteiger partial charge is 0.319 e. The molecule has 1 aliphatic carbocycles. The van der Waals surface area contributed by atoms with Gasteiger partial charge in [-0.15, -0.1) is 0 Å². The molecule has 3 rings (SSSR count).